The minimum Gasteiger partial charge on any atom is -0.337 e. The quantitative estimate of drug-likeness (QED) is 0.855. The zero-order chi connectivity index (χ0) is 11.7. The van der Waals surface area contributed by atoms with E-state index >= 15 is 0 Å². The molecule has 0 radical (unpaired) electrons. The minimum absolute atomic E-state index is 0.0131. The van der Waals surface area contributed by atoms with Gasteiger partial charge in [-0.1, -0.05) is 15.9 Å². The molecule has 2 rings (SSSR count). The van der Waals surface area contributed by atoms with Gasteiger partial charge < -0.3 is 10.6 Å². The van der Waals surface area contributed by atoms with Crippen molar-refractivity contribution in [1.29, 1.82) is 0 Å². The van der Waals surface area contributed by atoms with Crippen LogP contribution in [0.3, 0.4) is 0 Å². The Morgan fingerprint density at radius 3 is 2.94 bits per heavy atom. The van der Waals surface area contributed by atoms with E-state index in [2.05, 4.69) is 15.9 Å². The van der Waals surface area contributed by atoms with Crippen molar-refractivity contribution in [3.05, 3.63) is 34.1 Å². The van der Waals surface area contributed by atoms with Crippen LogP contribution in [-0.4, -0.2) is 29.9 Å². The molecule has 1 aromatic rings. The lowest BCUT2D eigenvalue weighted by atomic mass is 10.2. The first-order valence-electron chi connectivity index (χ1n) is 5.08. The third-order valence-corrected chi connectivity index (χ3v) is 3.16. The first-order chi connectivity index (χ1) is 7.58. The standard InChI is InChI=1S/C11H12BrFN2O/c12-7-1-2-10(13)9(5-7)11(16)15-4-3-8(14)6-15/h1-2,5,8H,3-4,6,14H2/t8-/m1/s1. The molecule has 1 fully saturated rings. The monoisotopic (exact) mass is 286 g/mol. The van der Waals surface area contributed by atoms with Crippen molar-refractivity contribution in [2.24, 2.45) is 5.73 Å². The van der Waals surface area contributed by atoms with Crippen LogP contribution in [0.5, 0.6) is 0 Å². The van der Waals surface area contributed by atoms with E-state index in [1.165, 1.54) is 12.1 Å². The van der Waals surface area contributed by atoms with Crippen molar-refractivity contribution in [1.82, 2.24) is 4.90 Å². The Bertz CT molecular complexity index is 424. The van der Waals surface area contributed by atoms with E-state index in [1.54, 1.807) is 11.0 Å². The average molecular weight is 287 g/mol. The molecular formula is C11H12BrFN2O. The van der Waals surface area contributed by atoms with E-state index in [9.17, 15) is 9.18 Å². The normalized spacial score (nSPS) is 20.2. The molecule has 0 unspecified atom stereocenters. The molecule has 0 aromatic heterocycles. The Morgan fingerprint density at radius 1 is 1.56 bits per heavy atom. The lowest BCUT2D eigenvalue weighted by molar-refractivity contribution is 0.0786. The Morgan fingerprint density at radius 2 is 2.31 bits per heavy atom. The zero-order valence-corrected chi connectivity index (χ0v) is 10.2. The van der Waals surface area contributed by atoms with Crippen LogP contribution >= 0.6 is 15.9 Å². The molecule has 0 aliphatic carbocycles. The van der Waals surface area contributed by atoms with E-state index in [4.69, 9.17) is 5.73 Å². The van der Waals surface area contributed by atoms with E-state index in [-0.39, 0.29) is 17.5 Å². The summed E-state index contributed by atoms with van der Waals surface area (Å²) in [5.41, 5.74) is 5.81. The van der Waals surface area contributed by atoms with E-state index in [0.717, 1.165) is 6.42 Å². The number of likely N-dealkylation sites (tertiary alicyclic amines) is 1. The fraction of sp³-hybridized carbons (Fsp3) is 0.364. The second kappa shape index (κ2) is 4.51. The molecule has 1 aliphatic rings. The van der Waals surface area contributed by atoms with Gasteiger partial charge in [-0.25, -0.2) is 4.39 Å². The SMILES string of the molecule is N[C@@H]1CCN(C(=O)c2cc(Br)ccc2F)C1. The first kappa shape index (κ1) is 11.5. The highest BCUT2D eigenvalue weighted by Gasteiger charge is 2.26. The second-order valence-electron chi connectivity index (χ2n) is 3.92. The number of rotatable bonds is 1. The van der Waals surface area contributed by atoms with Gasteiger partial charge >= 0.3 is 0 Å². The Balaban J connectivity index is 2.23. The third-order valence-electron chi connectivity index (χ3n) is 2.67. The third kappa shape index (κ3) is 2.25. The van der Waals surface area contributed by atoms with Crippen LogP contribution in [0.2, 0.25) is 0 Å². The molecule has 1 aliphatic heterocycles. The summed E-state index contributed by atoms with van der Waals surface area (Å²) in [5, 5.41) is 0. The molecule has 16 heavy (non-hydrogen) atoms. The van der Waals surface area contributed by atoms with Gasteiger partial charge in [-0.2, -0.15) is 0 Å². The maximum Gasteiger partial charge on any atom is 0.256 e. The number of hydrogen-bond acceptors (Lipinski definition) is 2. The van der Waals surface area contributed by atoms with Gasteiger partial charge in [0.2, 0.25) is 0 Å². The summed E-state index contributed by atoms with van der Waals surface area (Å²) >= 11 is 3.22. The highest BCUT2D eigenvalue weighted by molar-refractivity contribution is 9.10. The topological polar surface area (TPSA) is 46.3 Å². The van der Waals surface area contributed by atoms with Crippen molar-refractivity contribution in [3.63, 3.8) is 0 Å². The average Bonchev–Trinajstić information content (AvgIpc) is 2.67. The molecule has 1 heterocycles. The minimum atomic E-state index is -0.492. The van der Waals surface area contributed by atoms with Crippen LogP contribution in [0, 0.1) is 5.82 Å². The van der Waals surface area contributed by atoms with Crippen molar-refractivity contribution >= 4 is 21.8 Å². The van der Waals surface area contributed by atoms with Crippen LogP contribution in [0.1, 0.15) is 16.8 Å². The fourth-order valence-electron chi connectivity index (χ4n) is 1.80. The van der Waals surface area contributed by atoms with Gasteiger partial charge in [0.15, 0.2) is 0 Å². The molecule has 5 heteroatoms. The van der Waals surface area contributed by atoms with Crippen molar-refractivity contribution in [2.75, 3.05) is 13.1 Å². The summed E-state index contributed by atoms with van der Waals surface area (Å²) in [7, 11) is 0. The highest BCUT2D eigenvalue weighted by Crippen LogP contribution is 2.19. The van der Waals surface area contributed by atoms with E-state index in [1.807, 2.05) is 0 Å². The van der Waals surface area contributed by atoms with Crippen LogP contribution in [0.4, 0.5) is 4.39 Å². The number of hydrogen-bond donors (Lipinski definition) is 1. The summed E-state index contributed by atoms with van der Waals surface area (Å²) in [6.45, 7) is 1.11. The van der Waals surface area contributed by atoms with Gasteiger partial charge in [-0.15, -0.1) is 0 Å². The summed E-state index contributed by atoms with van der Waals surface area (Å²) in [6, 6.07) is 4.37. The molecule has 1 amide bonds. The summed E-state index contributed by atoms with van der Waals surface area (Å²) < 4.78 is 14.2. The Hall–Kier alpha value is -0.940. The number of halogens is 2. The van der Waals surface area contributed by atoms with Crippen LogP contribution in [-0.2, 0) is 0 Å². The Kier molecular flexibility index (Phi) is 3.25. The number of carbonyl (C=O) groups excluding carboxylic acids is 1. The maximum atomic E-state index is 13.5. The number of nitrogens with two attached hydrogens (primary N) is 1. The molecule has 0 bridgehead atoms. The summed E-state index contributed by atoms with van der Waals surface area (Å²) in [5.74, 6) is -0.777. The number of benzene rings is 1. The predicted molar refractivity (Wildman–Crippen MR) is 62.6 cm³/mol. The largest absolute Gasteiger partial charge is 0.337 e. The molecule has 0 saturated carbocycles. The van der Waals surface area contributed by atoms with Gasteiger partial charge in [0.1, 0.15) is 5.82 Å². The van der Waals surface area contributed by atoms with Gasteiger partial charge in [0, 0.05) is 23.6 Å². The molecule has 3 nitrogen and oxygen atoms in total. The summed E-state index contributed by atoms with van der Waals surface area (Å²) in [4.78, 5) is 13.6. The molecule has 1 aromatic carbocycles. The molecule has 2 N–H and O–H groups in total. The molecule has 1 atom stereocenters. The number of carbonyl (C=O) groups is 1. The molecule has 1 saturated heterocycles. The van der Waals surface area contributed by atoms with Crippen molar-refractivity contribution in [2.45, 2.75) is 12.5 Å². The number of nitrogens with zero attached hydrogens (tertiary/aromatic N) is 1. The predicted octanol–water partition coefficient (Wildman–Crippen LogP) is 1.76. The number of amides is 1. The van der Waals surface area contributed by atoms with Crippen LogP contribution < -0.4 is 5.73 Å². The maximum absolute atomic E-state index is 13.5. The van der Waals surface area contributed by atoms with Gasteiger partial charge in [-0.05, 0) is 24.6 Å². The van der Waals surface area contributed by atoms with Crippen molar-refractivity contribution in [3.8, 4) is 0 Å². The molecule has 0 spiro atoms. The Labute approximate surface area is 102 Å². The lowest BCUT2D eigenvalue weighted by Gasteiger charge is -2.16. The van der Waals surface area contributed by atoms with Gasteiger partial charge in [0.25, 0.3) is 5.91 Å². The molecular weight excluding hydrogens is 275 g/mol. The smallest absolute Gasteiger partial charge is 0.256 e. The fourth-order valence-corrected chi connectivity index (χ4v) is 2.16. The second-order valence-corrected chi connectivity index (χ2v) is 4.84. The van der Waals surface area contributed by atoms with Crippen LogP contribution in [0.15, 0.2) is 22.7 Å². The van der Waals surface area contributed by atoms with Crippen molar-refractivity contribution < 1.29 is 9.18 Å². The van der Waals surface area contributed by atoms with Gasteiger partial charge in [-0.3, -0.25) is 4.79 Å². The van der Waals surface area contributed by atoms with E-state index < -0.39 is 5.82 Å². The lowest BCUT2D eigenvalue weighted by Crippen LogP contribution is -2.32. The van der Waals surface area contributed by atoms with E-state index in [0.29, 0.717) is 17.6 Å². The first-order valence-corrected chi connectivity index (χ1v) is 5.87. The van der Waals surface area contributed by atoms with Crippen LogP contribution in [0.25, 0.3) is 0 Å². The summed E-state index contributed by atoms with van der Waals surface area (Å²) in [6.07, 6.45) is 0.779. The zero-order valence-electron chi connectivity index (χ0n) is 8.62. The molecule has 86 valence electrons. The highest BCUT2D eigenvalue weighted by atomic mass is 79.9. The van der Waals surface area contributed by atoms with Gasteiger partial charge in [0.05, 0.1) is 5.56 Å².